The van der Waals surface area contributed by atoms with Crippen molar-refractivity contribution in [1.29, 1.82) is 0 Å². The summed E-state index contributed by atoms with van der Waals surface area (Å²) in [5, 5.41) is 3.42. The fraction of sp³-hybridized carbons (Fsp3) is 0.500. The Bertz CT molecular complexity index is 569. The molecule has 0 bridgehead atoms. The van der Waals surface area contributed by atoms with E-state index in [0.29, 0.717) is 17.8 Å². The van der Waals surface area contributed by atoms with Gasteiger partial charge in [0.2, 0.25) is 17.2 Å². The summed E-state index contributed by atoms with van der Waals surface area (Å²) in [4.78, 5) is 16.5. The van der Waals surface area contributed by atoms with Crippen molar-refractivity contribution in [3.05, 3.63) is 24.0 Å². The SMILES string of the molecule is CC(Nc1nc(Cl)nc(-n2ccnc2)n1)C1CCOC1. The first-order valence-corrected chi connectivity index (χ1v) is 6.84. The van der Waals surface area contributed by atoms with E-state index in [0.717, 1.165) is 19.6 Å². The van der Waals surface area contributed by atoms with Crippen LogP contribution in [0.25, 0.3) is 5.95 Å². The van der Waals surface area contributed by atoms with Crippen LogP contribution in [0.3, 0.4) is 0 Å². The van der Waals surface area contributed by atoms with Gasteiger partial charge in [0.1, 0.15) is 6.33 Å². The lowest BCUT2D eigenvalue weighted by Crippen LogP contribution is -2.27. The molecule has 0 aliphatic carbocycles. The number of hydrogen-bond donors (Lipinski definition) is 1. The molecule has 2 unspecified atom stereocenters. The van der Waals surface area contributed by atoms with Crippen LogP contribution in [-0.2, 0) is 4.74 Å². The van der Waals surface area contributed by atoms with Crippen LogP contribution in [0.15, 0.2) is 18.7 Å². The molecule has 0 radical (unpaired) electrons. The Morgan fingerprint density at radius 1 is 1.45 bits per heavy atom. The second-order valence-electron chi connectivity index (χ2n) is 4.75. The Kier molecular flexibility index (Phi) is 3.79. The molecule has 106 valence electrons. The first kappa shape index (κ1) is 13.3. The van der Waals surface area contributed by atoms with Crippen molar-refractivity contribution in [1.82, 2.24) is 24.5 Å². The maximum atomic E-state index is 5.95. The Labute approximate surface area is 121 Å². The smallest absolute Gasteiger partial charge is 0.241 e. The zero-order chi connectivity index (χ0) is 13.9. The van der Waals surface area contributed by atoms with Gasteiger partial charge in [-0.05, 0) is 24.9 Å². The molecule has 7 nitrogen and oxygen atoms in total. The van der Waals surface area contributed by atoms with Gasteiger partial charge in [0.25, 0.3) is 0 Å². The van der Waals surface area contributed by atoms with Crippen molar-refractivity contribution >= 4 is 17.5 Å². The molecule has 0 amide bonds. The molecular weight excluding hydrogens is 280 g/mol. The van der Waals surface area contributed by atoms with Gasteiger partial charge < -0.3 is 10.1 Å². The van der Waals surface area contributed by atoms with Gasteiger partial charge >= 0.3 is 0 Å². The molecule has 1 N–H and O–H groups in total. The summed E-state index contributed by atoms with van der Waals surface area (Å²) < 4.78 is 7.07. The molecule has 0 aromatic carbocycles. The predicted octanol–water partition coefficient (Wildman–Crippen LogP) is 1.55. The fourth-order valence-electron chi connectivity index (χ4n) is 2.17. The minimum atomic E-state index is 0.154. The normalized spacial score (nSPS) is 20.0. The Balaban J connectivity index is 1.79. The molecule has 0 spiro atoms. The van der Waals surface area contributed by atoms with Crippen LogP contribution in [0.2, 0.25) is 5.28 Å². The first-order chi connectivity index (χ1) is 9.72. The van der Waals surface area contributed by atoms with Gasteiger partial charge in [-0.2, -0.15) is 15.0 Å². The number of nitrogens with zero attached hydrogens (tertiary/aromatic N) is 5. The zero-order valence-electron chi connectivity index (χ0n) is 11.0. The first-order valence-electron chi connectivity index (χ1n) is 6.46. The van der Waals surface area contributed by atoms with E-state index in [1.807, 2.05) is 0 Å². The number of hydrogen-bond acceptors (Lipinski definition) is 6. The maximum absolute atomic E-state index is 5.95. The van der Waals surface area contributed by atoms with Crippen LogP contribution in [0.1, 0.15) is 13.3 Å². The highest BCUT2D eigenvalue weighted by molar-refractivity contribution is 6.28. The second-order valence-corrected chi connectivity index (χ2v) is 5.09. The standard InChI is InChI=1S/C12H15ClN6O/c1-8(9-2-5-20-6-9)15-11-16-10(13)17-12(18-11)19-4-3-14-7-19/h3-4,7-9H,2,5-6H2,1H3,(H,15,16,17,18). The molecule has 1 aliphatic rings. The van der Waals surface area contributed by atoms with Crippen molar-refractivity contribution in [2.75, 3.05) is 18.5 Å². The van der Waals surface area contributed by atoms with E-state index in [9.17, 15) is 0 Å². The molecule has 1 fully saturated rings. The largest absolute Gasteiger partial charge is 0.381 e. The van der Waals surface area contributed by atoms with Crippen LogP contribution in [0.4, 0.5) is 5.95 Å². The van der Waals surface area contributed by atoms with Gasteiger partial charge in [0, 0.05) is 31.0 Å². The Morgan fingerprint density at radius 2 is 2.35 bits per heavy atom. The van der Waals surface area contributed by atoms with Gasteiger partial charge in [0.15, 0.2) is 0 Å². The summed E-state index contributed by atoms with van der Waals surface area (Å²) in [6, 6.07) is 0.214. The topological polar surface area (TPSA) is 77.8 Å². The molecule has 2 aromatic heterocycles. The van der Waals surface area contributed by atoms with Gasteiger partial charge in [0.05, 0.1) is 6.61 Å². The lowest BCUT2D eigenvalue weighted by atomic mass is 10.0. The van der Waals surface area contributed by atoms with E-state index in [-0.39, 0.29) is 11.3 Å². The summed E-state index contributed by atoms with van der Waals surface area (Å²) >= 11 is 5.95. The van der Waals surface area contributed by atoms with Crippen LogP contribution >= 0.6 is 11.6 Å². The average Bonchev–Trinajstić information content (AvgIpc) is 3.12. The zero-order valence-corrected chi connectivity index (χ0v) is 11.8. The van der Waals surface area contributed by atoms with Crippen molar-refractivity contribution in [3.63, 3.8) is 0 Å². The van der Waals surface area contributed by atoms with Crippen LogP contribution < -0.4 is 5.32 Å². The van der Waals surface area contributed by atoms with E-state index in [2.05, 4.69) is 32.2 Å². The Hall–Kier alpha value is -1.73. The molecule has 0 saturated carbocycles. The monoisotopic (exact) mass is 294 g/mol. The van der Waals surface area contributed by atoms with Crippen molar-refractivity contribution in [2.24, 2.45) is 5.92 Å². The third-order valence-electron chi connectivity index (χ3n) is 3.36. The van der Waals surface area contributed by atoms with Crippen molar-refractivity contribution < 1.29 is 4.74 Å². The minimum absolute atomic E-state index is 0.154. The molecule has 2 atom stereocenters. The maximum Gasteiger partial charge on any atom is 0.241 e. The molecule has 3 rings (SSSR count). The van der Waals surface area contributed by atoms with E-state index in [1.165, 1.54) is 0 Å². The van der Waals surface area contributed by atoms with Crippen LogP contribution in [-0.4, -0.2) is 43.8 Å². The molecule has 1 saturated heterocycles. The van der Waals surface area contributed by atoms with E-state index in [1.54, 1.807) is 23.3 Å². The lowest BCUT2D eigenvalue weighted by molar-refractivity contribution is 0.183. The fourth-order valence-corrected chi connectivity index (χ4v) is 2.32. The molecule has 2 aromatic rings. The minimum Gasteiger partial charge on any atom is -0.381 e. The molecule has 3 heterocycles. The number of halogens is 1. The van der Waals surface area contributed by atoms with Gasteiger partial charge in [-0.25, -0.2) is 4.98 Å². The average molecular weight is 295 g/mol. The van der Waals surface area contributed by atoms with E-state index < -0.39 is 0 Å². The number of anilines is 1. The van der Waals surface area contributed by atoms with Crippen LogP contribution in [0, 0.1) is 5.92 Å². The highest BCUT2D eigenvalue weighted by Crippen LogP contribution is 2.19. The molecule has 1 aliphatic heterocycles. The summed E-state index contributed by atoms with van der Waals surface area (Å²) in [5.74, 6) is 1.37. The number of rotatable bonds is 4. The van der Waals surface area contributed by atoms with E-state index >= 15 is 0 Å². The highest BCUT2D eigenvalue weighted by atomic mass is 35.5. The molecule has 8 heteroatoms. The third kappa shape index (κ3) is 2.88. The third-order valence-corrected chi connectivity index (χ3v) is 3.53. The molecular formula is C12H15ClN6O. The lowest BCUT2D eigenvalue weighted by Gasteiger charge is -2.19. The van der Waals surface area contributed by atoms with E-state index in [4.69, 9.17) is 16.3 Å². The van der Waals surface area contributed by atoms with Gasteiger partial charge in [-0.3, -0.25) is 4.57 Å². The quantitative estimate of drug-likeness (QED) is 0.922. The highest BCUT2D eigenvalue weighted by Gasteiger charge is 2.23. The summed E-state index contributed by atoms with van der Waals surface area (Å²) in [6.45, 7) is 3.67. The van der Waals surface area contributed by atoms with Gasteiger partial charge in [-0.15, -0.1) is 0 Å². The summed E-state index contributed by atoms with van der Waals surface area (Å²) in [5.41, 5.74) is 0. The van der Waals surface area contributed by atoms with Gasteiger partial charge in [-0.1, -0.05) is 0 Å². The molecule has 20 heavy (non-hydrogen) atoms. The number of imidazole rings is 1. The number of ether oxygens (including phenoxy) is 1. The van der Waals surface area contributed by atoms with Crippen molar-refractivity contribution in [3.8, 4) is 5.95 Å². The summed E-state index contributed by atoms with van der Waals surface area (Å²) in [7, 11) is 0. The second kappa shape index (κ2) is 5.72. The predicted molar refractivity (Wildman–Crippen MR) is 74.0 cm³/mol. The number of aromatic nitrogens is 5. The number of nitrogens with one attached hydrogen (secondary N) is 1. The van der Waals surface area contributed by atoms with Crippen molar-refractivity contribution in [2.45, 2.75) is 19.4 Å². The summed E-state index contributed by atoms with van der Waals surface area (Å²) in [6.07, 6.45) is 6.07. The Morgan fingerprint density at radius 3 is 3.05 bits per heavy atom. The van der Waals surface area contributed by atoms with Crippen LogP contribution in [0.5, 0.6) is 0 Å².